The van der Waals surface area contributed by atoms with E-state index >= 15 is 0 Å². The maximum absolute atomic E-state index is 13.4. The Hall–Kier alpha value is -4.32. The van der Waals surface area contributed by atoms with E-state index in [9.17, 15) is 9.59 Å². The van der Waals surface area contributed by atoms with E-state index in [-0.39, 0.29) is 17.1 Å². The fourth-order valence-corrected chi connectivity index (χ4v) is 3.68. The zero-order chi connectivity index (χ0) is 23.4. The average Bonchev–Trinajstić information content (AvgIpc) is 3.08. The topological polar surface area (TPSA) is 65.1 Å². The molecule has 0 aliphatic carbocycles. The summed E-state index contributed by atoms with van der Waals surface area (Å²) in [6, 6.07) is 23.8. The van der Waals surface area contributed by atoms with Crippen molar-refractivity contribution in [2.24, 2.45) is 0 Å². The molecule has 6 heteroatoms. The molecule has 0 unspecified atom stereocenters. The van der Waals surface area contributed by atoms with Gasteiger partial charge in [0.2, 0.25) is 0 Å². The van der Waals surface area contributed by atoms with Crippen LogP contribution in [0.15, 0.2) is 95.7 Å². The number of nitrogens with zero attached hydrogens (tertiary/aromatic N) is 1. The lowest BCUT2D eigenvalue weighted by atomic mass is 10.0. The molecule has 3 aromatic rings. The SMILES string of the molecule is COC(=O)C1=C(C)N(c2ccc(OC)cc2)C(=O)/C1=C\c1cccc(Oc2ccccc2)c1. The number of amides is 1. The van der Waals surface area contributed by atoms with Gasteiger partial charge in [-0.05, 0) is 67.1 Å². The Morgan fingerprint density at radius 2 is 1.55 bits per heavy atom. The predicted molar refractivity (Wildman–Crippen MR) is 126 cm³/mol. The fourth-order valence-electron chi connectivity index (χ4n) is 3.68. The van der Waals surface area contributed by atoms with Gasteiger partial charge in [0.25, 0.3) is 5.91 Å². The van der Waals surface area contributed by atoms with E-state index in [0.717, 1.165) is 5.56 Å². The first-order chi connectivity index (χ1) is 16.0. The third kappa shape index (κ3) is 4.50. The first-order valence-corrected chi connectivity index (χ1v) is 10.3. The van der Waals surface area contributed by atoms with Gasteiger partial charge in [0.1, 0.15) is 17.2 Å². The molecule has 0 atom stereocenters. The molecular weight excluding hydrogens is 418 g/mol. The molecule has 0 bridgehead atoms. The fraction of sp³-hybridized carbons (Fsp3) is 0.111. The van der Waals surface area contributed by atoms with Crippen molar-refractivity contribution in [2.75, 3.05) is 19.1 Å². The van der Waals surface area contributed by atoms with Crippen LogP contribution in [0.2, 0.25) is 0 Å². The first kappa shape index (κ1) is 21.9. The van der Waals surface area contributed by atoms with E-state index in [0.29, 0.717) is 28.6 Å². The van der Waals surface area contributed by atoms with Gasteiger partial charge in [0.15, 0.2) is 0 Å². The lowest BCUT2D eigenvalue weighted by molar-refractivity contribution is -0.136. The van der Waals surface area contributed by atoms with E-state index < -0.39 is 5.97 Å². The molecule has 166 valence electrons. The van der Waals surface area contributed by atoms with Crippen molar-refractivity contribution in [1.82, 2.24) is 0 Å². The number of ether oxygens (including phenoxy) is 3. The second kappa shape index (κ2) is 9.44. The van der Waals surface area contributed by atoms with Crippen molar-refractivity contribution in [1.29, 1.82) is 0 Å². The van der Waals surface area contributed by atoms with Crippen LogP contribution in [0.1, 0.15) is 12.5 Å². The number of anilines is 1. The number of hydrogen-bond donors (Lipinski definition) is 0. The second-order valence-corrected chi connectivity index (χ2v) is 7.34. The molecule has 3 aromatic carbocycles. The molecule has 0 fully saturated rings. The standard InChI is InChI=1S/C27H23NO5/c1-18-25(27(30)32-3)24(26(29)28(18)20-12-14-21(31-2)15-13-20)17-19-8-7-11-23(16-19)33-22-9-5-4-6-10-22/h4-17H,1-3H3/b24-17-. The summed E-state index contributed by atoms with van der Waals surface area (Å²) in [6.07, 6.45) is 1.68. The smallest absolute Gasteiger partial charge is 0.340 e. The summed E-state index contributed by atoms with van der Waals surface area (Å²) in [5, 5.41) is 0. The van der Waals surface area contributed by atoms with Crippen LogP contribution in [-0.2, 0) is 14.3 Å². The van der Waals surface area contributed by atoms with Crippen LogP contribution >= 0.6 is 0 Å². The number of methoxy groups -OCH3 is 2. The highest BCUT2D eigenvalue weighted by atomic mass is 16.5. The van der Waals surface area contributed by atoms with E-state index in [2.05, 4.69) is 0 Å². The van der Waals surface area contributed by atoms with E-state index in [4.69, 9.17) is 14.2 Å². The Bertz CT molecular complexity index is 1240. The van der Waals surface area contributed by atoms with E-state index in [1.54, 1.807) is 44.4 Å². The zero-order valence-corrected chi connectivity index (χ0v) is 18.6. The number of allylic oxidation sites excluding steroid dienone is 1. The summed E-state index contributed by atoms with van der Waals surface area (Å²) < 4.78 is 16.1. The van der Waals surface area contributed by atoms with Gasteiger partial charge in [-0.1, -0.05) is 30.3 Å². The molecule has 1 aliphatic rings. The number of para-hydroxylation sites is 1. The highest BCUT2D eigenvalue weighted by molar-refractivity contribution is 6.23. The lowest BCUT2D eigenvalue weighted by Crippen LogP contribution is -2.24. The van der Waals surface area contributed by atoms with Gasteiger partial charge in [-0.15, -0.1) is 0 Å². The average molecular weight is 441 g/mol. The molecule has 6 nitrogen and oxygen atoms in total. The van der Waals surface area contributed by atoms with Crippen molar-refractivity contribution in [3.8, 4) is 17.2 Å². The minimum Gasteiger partial charge on any atom is -0.497 e. The number of rotatable bonds is 6. The van der Waals surface area contributed by atoms with Gasteiger partial charge >= 0.3 is 5.97 Å². The molecule has 0 spiro atoms. The summed E-state index contributed by atoms with van der Waals surface area (Å²) >= 11 is 0. The summed E-state index contributed by atoms with van der Waals surface area (Å²) in [5.41, 5.74) is 2.33. The number of hydrogen-bond acceptors (Lipinski definition) is 5. The first-order valence-electron chi connectivity index (χ1n) is 10.3. The number of carbonyl (C=O) groups excluding carboxylic acids is 2. The molecule has 33 heavy (non-hydrogen) atoms. The molecule has 0 saturated carbocycles. The Balaban J connectivity index is 1.72. The molecule has 0 radical (unpaired) electrons. The largest absolute Gasteiger partial charge is 0.497 e. The van der Waals surface area contributed by atoms with Crippen LogP contribution in [0.5, 0.6) is 17.2 Å². The predicted octanol–water partition coefficient (Wildman–Crippen LogP) is 5.36. The third-order valence-corrected chi connectivity index (χ3v) is 5.27. The monoisotopic (exact) mass is 441 g/mol. The van der Waals surface area contributed by atoms with Gasteiger partial charge in [-0.3, -0.25) is 9.69 Å². The van der Waals surface area contributed by atoms with Crippen molar-refractivity contribution in [3.05, 3.63) is 101 Å². The van der Waals surface area contributed by atoms with E-state index in [1.165, 1.54) is 12.0 Å². The van der Waals surface area contributed by atoms with Crippen molar-refractivity contribution >= 4 is 23.6 Å². The van der Waals surface area contributed by atoms with Gasteiger partial charge in [-0.25, -0.2) is 4.79 Å². The van der Waals surface area contributed by atoms with Gasteiger partial charge in [-0.2, -0.15) is 0 Å². The zero-order valence-electron chi connectivity index (χ0n) is 18.6. The molecule has 1 amide bonds. The Kier molecular flexibility index (Phi) is 6.26. The number of esters is 1. The minimum atomic E-state index is -0.570. The second-order valence-electron chi connectivity index (χ2n) is 7.34. The van der Waals surface area contributed by atoms with Crippen molar-refractivity contribution in [2.45, 2.75) is 6.92 Å². The molecule has 0 aromatic heterocycles. The highest BCUT2D eigenvalue weighted by Gasteiger charge is 2.37. The maximum atomic E-state index is 13.4. The lowest BCUT2D eigenvalue weighted by Gasteiger charge is -2.18. The quantitative estimate of drug-likeness (QED) is 0.380. The molecule has 1 aliphatic heterocycles. The normalized spacial score (nSPS) is 14.6. The summed E-state index contributed by atoms with van der Waals surface area (Å²) in [7, 11) is 2.88. The van der Waals surface area contributed by atoms with Gasteiger partial charge in [0, 0.05) is 11.4 Å². The maximum Gasteiger partial charge on any atom is 0.340 e. The molecule has 0 N–H and O–H groups in total. The Morgan fingerprint density at radius 1 is 0.848 bits per heavy atom. The molecule has 1 heterocycles. The summed E-state index contributed by atoms with van der Waals surface area (Å²) in [4.78, 5) is 27.5. The molecular formula is C27H23NO5. The molecule has 0 saturated heterocycles. The van der Waals surface area contributed by atoms with Crippen molar-refractivity contribution < 1.29 is 23.8 Å². The van der Waals surface area contributed by atoms with Crippen LogP contribution in [0.3, 0.4) is 0 Å². The summed E-state index contributed by atoms with van der Waals surface area (Å²) in [5.74, 6) is 1.11. The van der Waals surface area contributed by atoms with Crippen LogP contribution < -0.4 is 14.4 Å². The van der Waals surface area contributed by atoms with Gasteiger partial charge in [0.05, 0.1) is 25.4 Å². The van der Waals surface area contributed by atoms with Gasteiger partial charge < -0.3 is 14.2 Å². The third-order valence-electron chi connectivity index (χ3n) is 5.27. The van der Waals surface area contributed by atoms with Crippen LogP contribution in [-0.4, -0.2) is 26.1 Å². The molecule has 4 rings (SSSR count). The van der Waals surface area contributed by atoms with E-state index in [1.807, 2.05) is 54.6 Å². The minimum absolute atomic E-state index is 0.229. The van der Waals surface area contributed by atoms with Crippen LogP contribution in [0.25, 0.3) is 6.08 Å². The number of benzene rings is 3. The van der Waals surface area contributed by atoms with Crippen LogP contribution in [0, 0.1) is 0 Å². The van der Waals surface area contributed by atoms with Crippen LogP contribution in [0.4, 0.5) is 5.69 Å². The Labute approximate surface area is 192 Å². The Morgan fingerprint density at radius 3 is 2.21 bits per heavy atom. The highest BCUT2D eigenvalue weighted by Crippen LogP contribution is 2.36. The number of carbonyl (C=O) groups is 2. The van der Waals surface area contributed by atoms with Crippen molar-refractivity contribution in [3.63, 3.8) is 0 Å². The summed E-state index contributed by atoms with van der Waals surface area (Å²) in [6.45, 7) is 1.73.